The number of carbonyl (C=O) groups is 2. The van der Waals surface area contributed by atoms with Crippen LogP contribution in [0.1, 0.15) is 71.7 Å². The summed E-state index contributed by atoms with van der Waals surface area (Å²) in [6, 6.07) is 7.55. The minimum Gasteiger partial charge on any atom is -0.444 e. The van der Waals surface area contributed by atoms with Crippen LogP contribution in [0.4, 0.5) is 4.79 Å². The van der Waals surface area contributed by atoms with Gasteiger partial charge in [0.25, 0.3) is 5.91 Å². The molecular weight excluding hydrogens is 407 g/mol. The predicted octanol–water partition coefficient (Wildman–Crippen LogP) is 3.46. The maximum absolute atomic E-state index is 13.2. The molecule has 0 spiro atoms. The van der Waals surface area contributed by atoms with E-state index in [9.17, 15) is 9.59 Å². The van der Waals surface area contributed by atoms with Gasteiger partial charge in [0, 0.05) is 31.7 Å². The Morgan fingerprint density at radius 2 is 1.66 bits per heavy atom. The average Bonchev–Trinajstić information content (AvgIpc) is 2.93. The van der Waals surface area contributed by atoms with Crippen LogP contribution in [-0.2, 0) is 14.0 Å². The summed E-state index contributed by atoms with van der Waals surface area (Å²) in [5.74, 6) is -0.0425. The van der Waals surface area contributed by atoms with E-state index >= 15 is 0 Å². The van der Waals surface area contributed by atoms with Gasteiger partial charge in [-0.05, 0) is 78.9 Å². The molecule has 0 aliphatic carbocycles. The Hall–Kier alpha value is -2.06. The first-order chi connectivity index (χ1) is 14.7. The summed E-state index contributed by atoms with van der Waals surface area (Å²) in [6.45, 7) is 14.8. The van der Waals surface area contributed by atoms with E-state index in [0.29, 0.717) is 18.7 Å². The van der Waals surface area contributed by atoms with Crippen molar-refractivity contribution in [3.05, 3.63) is 29.8 Å². The van der Waals surface area contributed by atoms with Crippen LogP contribution >= 0.6 is 0 Å². The number of carbonyl (C=O) groups excluding carboxylic acids is 2. The number of piperidine rings is 1. The number of ether oxygens (including phenoxy) is 1. The van der Waals surface area contributed by atoms with Gasteiger partial charge in [0.1, 0.15) is 5.60 Å². The van der Waals surface area contributed by atoms with Crippen molar-refractivity contribution in [3.63, 3.8) is 0 Å². The molecule has 0 saturated carbocycles. The van der Waals surface area contributed by atoms with Gasteiger partial charge in [0.15, 0.2) is 0 Å². The smallest absolute Gasteiger partial charge is 0.444 e. The molecule has 0 radical (unpaired) electrons. The standard InChI is InChI=1S/C24H37BN2O5/c1-22(2,3)30-21(29)27-14-12-19(13-15-27)26(8)20(28)17-10-9-11-18(16-17)25-31-23(4,5)24(6,7)32-25/h9-11,16,19H,12-15H2,1-8H3. The molecule has 32 heavy (non-hydrogen) atoms. The third kappa shape index (κ3) is 5.29. The number of hydrogen-bond donors (Lipinski definition) is 0. The van der Waals surface area contributed by atoms with Crippen LogP contribution in [0.2, 0.25) is 0 Å². The van der Waals surface area contributed by atoms with Crippen LogP contribution in [0.25, 0.3) is 0 Å². The summed E-state index contributed by atoms with van der Waals surface area (Å²) in [6.07, 6.45) is 1.15. The summed E-state index contributed by atoms with van der Waals surface area (Å²) in [7, 11) is 1.33. The van der Waals surface area contributed by atoms with Gasteiger partial charge < -0.3 is 23.8 Å². The van der Waals surface area contributed by atoms with Crippen LogP contribution in [0.15, 0.2) is 24.3 Å². The predicted molar refractivity (Wildman–Crippen MR) is 125 cm³/mol. The van der Waals surface area contributed by atoms with E-state index in [1.165, 1.54) is 0 Å². The molecule has 2 saturated heterocycles. The van der Waals surface area contributed by atoms with E-state index in [0.717, 1.165) is 18.3 Å². The van der Waals surface area contributed by atoms with E-state index in [1.54, 1.807) is 9.80 Å². The number of benzene rings is 1. The Balaban J connectivity index is 1.63. The second-order valence-electron chi connectivity index (χ2n) is 10.8. The average molecular weight is 444 g/mol. The van der Waals surface area contributed by atoms with Crippen LogP contribution in [-0.4, -0.2) is 71.9 Å². The molecule has 2 amide bonds. The normalized spacial score (nSPS) is 20.9. The van der Waals surface area contributed by atoms with Crippen molar-refractivity contribution < 1.29 is 23.6 Å². The van der Waals surface area contributed by atoms with Crippen molar-refractivity contribution in [2.45, 2.75) is 84.2 Å². The lowest BCUT2D eigenvalue weighted by molar-refractivity contribution is 0.00578. The lowest BCUT2D eigenvalue weighted by Crippen LogP contribution is -2.48. The molecule has 2 aliphatic rings. The molecule has 1 aromatic rings. The van der Waals surface area contributed by atoms with Crippen LogP contribution in [0.3, 0.4) is 0 Å². The number of hydrogen-bond acceptors (Lipinski definition) is 5. The first kappa shape index (κ1) is 24.6. The zero-order valence-electron chi connectivity index (χ0n) is 20.7. The zero-order chi connectivity index (χ0) is 23.9. The topological polar surface area (TPSA) is 68.3 Å². The molecule has 7 nitrogen and oxygen atoms in total. The van der Waals surface area contributed by atoms with Gasteiger partial charge in [0.05, 0.1) is 11.2 Å². The quantitative estimate of drug-likeness (QED) is 0.668. The molecule has 176 valence electrons. The van der Waals surface area contributed by atoms with Crippen LogP contribution < -0.4 is 5.46 Å². The Labute approximate surface area is 192 Å². The first-order valence-corrected chi connectivity index (χ1v) is 11.4. The fraction of sp³-hybridized carbons (Fsp3) is 0.667. The molecule has 3 rings (SSSR count). The molecule has 2 fully saturated rings. The fourth-order valence-electron chi connectivity index (χ4n) is 3.93. The number of amides is 2. The largest absolute Gasteiger partial charge is 0.494 e. The SMILES string of the molecule is CN(C(=O)c1cccc(B2OC(C)(C)C(C)(C)O2)c1)C1CCN(C(=O)OC(C)(C)C)CC1. The molecule has 0 atom stereocenters. The summed E-state index contributed by atoms with van der Waals surface area (Å²) in [5, 5.41) is 0. The Morgan fingerprint density at radius 1 is 1.09 bits per heavy atom. The molecule has 8 heteroatoms. The minimum atomic E-state index is -0.511. The molecule has 0 unspecified atom stereocenters. The van der Waals surface area contributed by atoms with Gasteiger partial charge in [-0.1, -0.05) is 12.1 Å². The van der Waals surface area contributed by atoms with Gasteiger partial charge >= 0.3 is 13.2 Å². The lowest BCUT2D eigenvalue weighted by Gasteiger charge is -2.37. The second-order valence-corrected chi connectivity index (χ2v) is 10.8. The highest BCUT2D eigenvalue weighted by Gasteiger charge is 2.51. The van der Waals surface area contributed by atoms with Gasteiger partial charge in [-0.3, -0.25) is 4.79 Å². The molecule has 0 N–H and O–H groups in total. The van der Waals surface area contributed by atoms with Crippen molar-refractivity contribution >= 4 is 24.6 Å². The zero-order valence-corrected chi connectivity index (χ0v) is 20.7. The van der Waals surface area contributed by atoms with Crippen molar-refractivity contribution in [1.29, 1.82) is 0 Å². The van der Waals surface area contributed by atoms with Gasteiger partial charge in [-0.15, -0.1) is 0 Å². The Bertz CT molecular complexity index is 840. The Kier molecular flexibility index (Phi) is 6.69. The van der Waals surface area contributed by atoms with Crippen LogP contribution in [0.5, 0.6) is 0 Å². The van der Waals surface area contributed by atoms with E-state index in [4.69, 9.17) is 14.0 Å². The van der Waals surface area contributed by atoms with E-state index in [-0.39, 0.29) is 18.0 Å². The number of nitrogens with zero attached hydrogens (tertiary/aromatic N) is 2. The Morgan fingerprint density at radius 3 is 2.19 bits per heavy atom. The molecule has 2 aliphatic heterocycles. The second kappa shape index (κ2) is 8.71. The molecular formula is C24H37BN2O5. The van der Waals surface area contributed by atoms with Gasteiger partial charge in [-0.2, -0.15) is 0 Å². The van der Waals surface area contributed by atoms with Crippen molar-refractivity contribution in [3.8, 4) is 0 Å². The highest BCUT2D eigenvalue weighted by molar-refractivity contribution is 6.62. The van der Waals surface area contributed by atoms with Crippen molar-refractivity contribution in [2.75, 3.05) is 20.1 Å². The first-order valence-electron chi connectivity index (χ1n) is 11.4. The summed E-state index contributed by atoms with van der Waals surface area (Å²) >= 11 is 0. The molecule has 2 heterocycles. The maximum Gasteiger partial charge on any atom is 0.494 e. The monoisotopic (exact) mass is 444 g/mol. The summed E-state index contributed by atoms with van der Waals surface area (Å²) in [5.41, 5.74) is 0.0627. The minimum absolute atomic E-state index is 0.0425. The van der Waals surface area contributed by atoms with E-state index < -0.39 is 23.9 Å². The third-order valence-corrected chi connectivity index (χ3v) is 6.64. The number of rotatable bonds is 3. The number of likely N-dealkylation sites (tertiary alicyclic amines) is 1. The summed E-state index contributed by atoms with van der Waals surface area (Å²) in [4.78, 5) is 29.0. The van der Waals surface area contributed by atoms with E-state index in [1.807, 2.05) is 79.8 Å². The van der Waals surface area contributed by atoms with Crippen molar-refractivity contribution in [1.82, 2.24) is 9.80 Å². The van der Waals surface area contributed by atoms with Crippen molar-refractivity contribution in [2.24, 2.45) is 0 Å². The summed E-state index contributed by atoms with van der Waals surface area (Å²) < 4.78 is 17.7. The van der Waals surface area contributed by atoms with Crippen LogP contribution in [0, 0.1) is 0 Å². The fourth-order valence-corrected chi connectivity index (χ4v) is 3.93. The highest BCUT2D eigenvalue weighted by Crippen LogP contribution is 2.36. The molecule has 0 aromatic heterocycles. The maximum atomic E-state index is 13.2. The van der Waals surface area contributed by atoms with Gasteiger partial charge in [0.2, 0.25) is 0 Å². The third-order valence-electron chi connectivity index (χ3n) is 6.64. The highest BCUT2D eigenvalue weighted by atomic mass is 16.7. The van der Waals surface area contributed by atoms with Gasteiger partial charge in [-0.25, -0.2) is 4.79 Å². The molecule has 0 bridgehead atoms. The van der Waals surface area contributed by atoms with E-state index in [2.05, 4.69) is 0 Å². The molecule has 1 aromatic carbocycles. The lowest BCUT2D eigenvalue weighted by atomic mass is 9.78.